The molecule has 3 nitrogen and oxygen atoms in total. The van der Waals surface area contributed by atoms with Crippen molar-refractivity contribution in [3.63, 3.8) is 0 Å². The molecule has 0 heterocycles. The van der Waals surface area contributed by atoms with Crippen LogP contribution in [0.15, 0.2) is 18.2 Å². The maximum atomic E-state index is 12.1. The lowest BCUT2D eigenvalue weighted by Gasteiger charge is -2.25. The van der Waals surface area contributed by atoms with E-state index in [9.17, 15) is 4.79 Å². The Labute approximate surface area is 106 Å². The van der Waals surface area contributed by atoms with Gasteiger partial charge in [0.1, 0.15) is 0 Å². The summed E-state index contributed by atoms with van der Waals surface area (Å²) in [6.07, 6.45) is 4.45. The Morgan fingerprint density at radius 3 is 2.65 bits per heavy atom. The fourth-order valence-electron chi connectivity index (χ4n) is 2.29. The molecule has 0 radical (unpaired) electrons. The molecule has 1 amide bonds. The van der Waals surface area contributed by atoms with E-state index in [1.807, 2.05) is 0 Å². The van der Waals surface area contributed by atoms with Crippen LogP contribution < -0.4 is 11.1 Å². The van der Waals surface area contributed by atoms with Gasteiger partial charge < -0.3 is 11.1 Å². The summed E-state index contributed by atoms with van der Waals surface area (Å²) in [5, 5.41) is 3.51. The van der Waals surface area contributed by atoms with Crippen molar-refractivity contribution in [3.05, 3.63) is 28.8 Å². The first-order valence-corrected chi connectivity index (χ1v) is 6.25. The van der Waals surface area contributed by atoms with Crippen LogP contribution in [-0.4, -0.2) is 11.4 Å². The van der Waals surface area contributed by atoms with Gasteiger partial charge in [0.2, 0.25) is 0 Å². The molecule has 1 aromatic carbocycles. The highest BCUT2D eigenvalue weighted by atomic mass is 35.5. The largest absolute Gasteiger partial charge is 0.398 e. The summed E-state index contributed by atoms with van der Waals surface area (Å²) in [6.45, 7) is 2.09. The fourth-order valence-corrected chi connectivity index (χ4v) is 2.48. The van der Waals surface area contributed by atoms with Gasteiger partial charge in [0.15, 0.2) is 0 Å². The van der Waals surface area contributed by atoms with Crippen molar-refractivity contribution in [2.75, 3.05) is 5.73 Å². The second-order valence-electron chi connectivity index (χ2n) is 4.96. The summed E-state index contributed by atoms with van der Waals surface area (Å²) >= 11 is 5.90. The van der Waals surface area contributed by atoms with Gasteiger partial charge >= 0.3 is 0 Å². The van der Waals surface area contributed by atoms with Crippen molar-refractivity contribution in [1.82, 2.24) is 5.32 Å². The van der Waals surface area contributed by atoms with Gasteiger partial charge in [-0.25, -0.2) is 0 Å². The number of carbonyl (C=O) groups excluding carboxylic acids is 1. The number of amides is 1. The number of hydrogen-bond donors (Lipinski definition) is 2. The lowest BCUT2D eigenvalue weighted by Crippen LogP contribution is -2.43. The van der Waals surface area contributed by atoms with Gasteiger partial charge in [-0.05, 0) is 38.0 Å². The summed E-state index contributed by atoms with van der Waals surface area (Å²) in [6, 6.07) is 4.98. The van der Waals surface area contributed by atoms with Gasteiger partial charge in [0, 0.05) is 11.1 Å². The topological polar surface area (TPSA) is 55.1 Å². The molecule has 1 aliphatic rings. The second kappa shape index (κ2) is 4.57. The molecule has 1 fully saturated rings. The van der Waals surface area contributed by atoms with E-state index in [4.69, 9.17) is 17.3 Å². The summed E-state index contributed by atoms with van der Waals surface area (Å²) < 4.78 is 0. The molecule has 0 saturated heterocycles. The standard InChI is InChI=1S/C13H17ClN2O/c1-13(6-2-3-7-13)16-12(17)9-4-5-11(15)10(14)8-9/h4-5,8H,2-3,6-7,15H2,1H3,(H,16,17). The molecule has 0 aromatic heterocycles. The zero-order valence-electron chi connectivity index (χ0n) is 9.92. The molecule has 1 aliphatic carbocycles. The minimum absolute atomic E-state index is 0.0645. The maximum absolute atomic E-state index is 12.1. The number of nitrogens with one attached hydrogen (secondary N) is 1. The average molecular weight is 253 g/mol. The normalized spacial score (nSPS) is 18.0. The third kappa shape index (κ3) is 2.72. The van der Waals surface area contributed by atoms with Crippen LogP contribution in [0.25, 0.3) is 0 Å². The van der Waals surface area contributed by atoms with E-state index < -0.39 is 0 Å². The molecule has 0 atom stereocenters. The predicted molar refractivity (Wildman–Crippen MR) is 70.2 cm³/mol. The molecular formula is C13H17ClN2O. The first-order chi connectivity index (χ1) is 8.00. The van der Waals surface area contributed by atoms with Gasteiger partial charge in [0.25, 0.3) is 5.91 Å². The van der Waals surface area contributed by atoms with Gasteiger partial charge in [-0.2, -0.15) is 0 Å². The average Bonchev–Trinajstić information content (AvgIpc) is 2.69. The second-order valence-corrected chi connectivity index (χ2v) is 5.37. The van der Waals surface area contributed by atoms with E-state index in [1.54, 1.807) is 18.2 Å². The third-order valence-electron chi connectivity index (χ3n) is 3.39. The molecule has 0 unspecified atom stereocenters. The van der Waals surface area contributed by atoms with Crippen molar-refractivity contribution in [1.29, 1.82) is 0 Å². The van der Waals surface area contributed by atoms with Crippen LogP contribution in [0.4, 0.5) is 5.69 Å². The van der Waals surface area contributed by atoms with Crippen LogP contribution in [0.5, 0.6) is 0 Å². The molecule has 92 valence electrons. The summed E-state index contributed by atoms with van der Waals surface area (Å²) in [5.74, 6) is -0.0729. The number of anilines is 1. The minimum Gasteiger partial charge on any atom is -0.398 e. The molecule has 1 saturated carbocycles. The van der Waals surface area contributed by atoms with Crippen molar-refractivity contribution in [2.24, 2.45) is 0 Å². The molecule has 2 rings (SSSR count). The quantitative estimate of drug-likeness (QED) is 0.795. The fraction of sp³-hybridized carbons (Fsp3) is 0.462. The van der Waals surface area contributed by atoms with Crippen LogP contribution >= 0.6 is 11.6 Å². The van der Waals surface area contributed by atoms with E-state index in [-0.39, 0.29) is 11.4 Å². The van der Waals surface area contributed by atoms with Crippen molar-refractivity contribution in [2.45, 2.75) is 38.1 Å². The Bertz CT molecular complexity index is 439. The van der Waals surface area contributed by atoms with Crippen LogP contribution in [-0.2, 0) is 0 Å². The van der Waals surface area contributed by atoms with E-state index in [2.05, 4.69) is 12.2 Å². The zero-order chi connectivity index (χ0) is 12.5. The molecule has 0 bridgehead atoms. The SMILES string of the molecule is CC1(NC(=O)c2ccc(N)c(Cl)c2)CCCC1. The Morgan fingerprint density at radius 2 is 2.06 bits per heavy atom. The number of benzene rings is 1. The molecule has 3 N–H and O–H groups in total. The summed E-state index contributed by atoms with van der Waals surface area (Å²) in [7, 11) is 0. The van der Waals surface area contributed by atoms with Crippen LogP contribution in [0.2, 0.25) is 5.02 Å². The minimum atomic E-state index is -0.0729. The molecule has 0 aliphatic heterocycles. The predicted octanol–water partition coefficient (Wildman–Crippen LogP) is 2.98. The monoisotopic (exact) mass is 252 g/mol. The molecule has 1 aromatic rings. The lowest BCUT2D eigenvalue weighted by molar-refractivity contribution is 0.0908. The highest BCUT2D eigenvalue weighted by Gasteiger charge is 2.30. The van der Waals surface area contributed by atoms with E-state index in [0.29, 0.717) is 16.3 Å². The van der Waals surface area contributed by atoms with Crippen LogP contribution in [0, 0.1) is 0 Å². The molecule has 0 spiro atoms. The lowest BCUT2D eigenvalue weighted by atomic mass is 10.00. The van der Waals surface area contributed by atoms with Crippen LogP contribution in [0.1, 0.15) is 43.0 Å². The molecule has 4 heteroatoms. The summed E-state index contributed by atoms with van der Waals surface area (Å²) in [5.41, 5.74) is 6.61. The Hall–Kier alpha value is -1.22. The van der Waals surface area contributed by atoms with Crippen molar-refractivity contribution in [3.8, 4) is 0 Å². The van der Waals surface area contributed by atoms with Crippen molar-refractivity contribution >= 4 is 23.2 Å². The first kappa shape index (κ1) is 12.2. The number of hydrogen-bond acceptors (Lipinski definition) is 2. The smallest absolute Gasteiger partial charge is 0.251 e. The highest BCUT2D eigenvalue weighted by Crippen LogP contribution is 2.29. The third-order valence-corrected chi connectivity index (χ3v) is 3.71. The number of nitrogens with two attached hydrogens (primary N) is 1. The Morgan fingerprint density at radius 1 is 1.41 bits per heavy atom. The number of rotatable bonds is 2. The highest BCUT2D eigenvalue weighted by molar-refractivity contribution is 6.33. The molecular weight excluding hydrogens is 236 g/mol. The Kier molecular flexibility index (Phi) is 3.29. The van der Waals surface area contributed by atoms with E-state index in [0.717, 1.165) is 12.8 Å². The van der Waals surface area contributed by atoms with Crippen LogP contribution in [0.3, 0.4) is 0 Å². The van der Waals surface area contributed by atoms with Gasteiger partial charge in [0.05, 0.1) is 10.7 Å². The van der Waals surface area contributed by atoms with Crippen molar-refractivity contribution < 1.29 is 4.79 Å². The molecule has 17 heavy (non-hydrogen) atoms. The van der Waals surface area contributed by atoms with Gasteiger partial charge in [-0.15, -0.1) is 0 Å². The van der Waals surface area contributed by atoms with E-state index in [1.165, 1.54) is 12.8 Å². The number of nitrogen functional groups attached to an aromatic ring is 1. The Balaban J connectivity index is 2.11. The van der Waals surface area contributed by atoms with E-state index >= 15 is 0 Å². The first-order valence-electron chi connectivity index (χ1n) is 5.88. The zero-order valence-corrected chi connectivity index (χ0v) is 10.7. The van der Waals surface area contributed by atoms with Gasteiger partial charge in [-0.3, -0.25) is 4.79 Å². The number of carbonyl (C=O) groups is 1. The summed E-state index contributed by atoms with van der Waals surface area (Å²) in [4.78, 5) is 12.1. The maximum Gasteiger partial charge on any atom is 0.251 e. The van der Waals surface area contributed by atoms with Gasteiger partial charge in [-0.1, -0.05) is 24.4 Å². The number of halogens is 1.